The quantitative estimate of drug-likeness (QED) is 0.339. The Labute approximate surface area is 232 Å². The summed E-state index contributed by atoms with van der Waals surface area (Å²) in [7, 11) is 1.60. The molecule has 0 saturated carbocycles. The Morgan fingerprint density at radius 3 is 2.60 bits per heavy atom. The molecule has 210 valence electrons. The number of nitrogens with one attached hydrogen (secondary N) is 4. The third-order valence-electron chi connectivity index (χ3n) is 6.00. The van der Waals surface area contributed by atoms with Crippen molar-refractivity contribution in [2.24, 2.45) is 0 Å². The van der Waals surface area contributed by atoms with Crippen LogP contribution in [-0.4, -0.2) is 67.5 Å². The van der Waals surface area contributed by atoms with E-state index in [4.69, 9.17) is 15.0 Å². The second-order valence-corrected chi connectivity index (χ2v) is 10.5. The standard InChI is InChI=1S/C27H33N9O4/c1-14-8-9-18(29-12-14)24(37)33-19-10-17-11-20(32-19)34-25(16(3)36(7)26(38)39-27(4,5)6)40-35-23-21(15(2)28)30-13-31-22(17)23/h8-13,16,25,28,35H,1-7H3,(H2,32,33,34,37). The lowest BCUT2D eigenvalue weighted by Crippen LogP contribution is -2.49. The average Bonchev–Trinajstić information content (AvgIpc) is 2.93. The van der Waals surface area contributed by atoms with Gasteiger partial charge >= 0.3 is 6.09 Å². The van der Waals surface area contributed by atoms with Crippen LogP contribution in [0.4, 0.5) is 22.1 Å². The Hall–Kier alpha value is -4.65. The average molecular weight is 548 g/mol. The number of nitrogens with zero attached hydrogens (tertiary/aromatic N) is 5. The Bertz CT molecular complexity index is 1440. The first-order valence-corrected chi connectivity index (χ1v) is 12.6. The molecule has 0 saturated heterocycles. The van der Waals surface area contributed by atoms with Crippen LogP contribution in [0.25, 0.3) is 11.3 Å². The van der Waals surface area contributed by atoms with Crippen molar-refractivity contribution in [3.05, 3.63) is 53.7 Å². The van der Waals surface area contributed by atoms with Gasteiger partial charge in [0.25, 0.3) is 5.91 Å². The van der Waals surface area contributed by atoms with Gasteiger partial charge in [0.1, 0.15) is 46.3 Å². The lowest BCUT2D eigenvalue weighted by Gasteiger charge is -2.33. The molecule has 2 atom stereocenters. The van der Waals surface area contributed by atoms with E-state index in [0.29, 0.717) is 28.5 Å². The van der Waals surface area contributed by atoms with Gasteiger partial charge in [0.05, 0.1) is 11.8 Å². The van der Waals surface area contributed by atoms with Crippen LogP contribution in [0.2, 0.25) is 0 Å². The second kappa shape index (κ2) is 11.2. The molecule has 40 heavy (non-hydrogen) atoms. The molecular weight excluding hydrogens is 514 g/mol. The van der Waals surface area contributed by atoms with Crippen molar-refractivity contribution in [3.8, 4) is 11.3 Å². The predicted octanol–water partition coefficient (Wildman–Crippen LogP) is 4.23. The number of aryl methyl sites for hydroxylation is 1. The molecule has 0 aliphatic carbocycles. The molecule has 13 nitrogen and oxygen atoms in total. The molecule has 4 rings (SSSR count). The number of fused-ring (bicyclic) bond motifs is 4. The molecule has 0 aromatic carbocycles. The van der Waals surface area contributed by atoms with Crippen molar-refractivity contribution < 1.29 is 19.2 Å². The third kappa shape index (κ3) is 6.49. The molecule has 1 aliphatic heterocycles. The number of carbonyl (C=O) groups excluding carboxylic acids is 2. The number of likely N-dealkylation sites (N-methyl/N-ethyl adjacent to an activating group) is 1. The maximum Gasteiger partial charge on any atom is 0.410 e. The molecule has 2 amide bonds. The zero-order valence-corrected chi connectivity index (χ0v) is 23.5. The van der Waals surface area contributed by atoms with Crippen LogP contribution in [0.1, 0.15) is 56.4 Å². The van der Waals surface area contributed by atoms with Gasteiger partial charge in [-0.2, -0.15) is 0 Å². The van der Waals surface area contributed by atoms with Crippen LogP contribution in [0, 0.1) is 12.3 Å². The van der Waals surface area contributed by atoms with Crippen LogP contribution in [0.15, 0.2) is 36.8 Å². The minimum atomic E-state index is -0.854. The summed E-state index contributed by atoms with van der Waals surface area (Å²) in [4.78, 5) is 50.6. The fourth-order valence-corrected chi connectivity index (χ4v) is 3.79. The van der Waals surface area contributed by atoms with E-state index < -0.39 is 29.9 Å². The summed E-state index contributed by atoms with van der Waals surface area (Å²) in [5.74, 6) is 0.146. The molecule has 3 aromatic rings. The van der Waals surface area contributed by atoms with Gasteiger partial charge in [-0.15, -0.1) is 0 Å². The first kappa shape index (κ1) is 28.4. The Morgan fingerprint density at radius 2 is 1.95 bits per heavy atom. The Balaban J connectivity index is 1.74. The van der Waals surface area contributed by atoms with Gasteiger partial charge in [-0.05, 0) is 65.3 Å². The Kier molecular flexibility index (Phi) is 7.96. The maximum atomic E-state index is 12.9. The molecule has 1 aliphatic rings. The maximum absolute atomic E-state index is 12.9. The summed E-state index contributed by atoms with van der Waals surface area (Å²) < 4.78 is 5.52. The first-order chi connectivity index (χ1) is 18.8. The van der Waals surface area contributed by atoms with E-state index in [-0.39, 0.29) is 17.2 Å². The fraction of sp³-hybridized carbons (Fsp3) is 0.370. The van der Waals surface area contributed by atoms with Gasteiger partial charge in [-0.3, -0.25) is 15.3 Å². The van der Waals surface area contributed by atoms with Crippen LogP contribution in [0.3, 0.4) is 0 Å². The monoisotopic (exact) mass is 547 g/mol. The fourth-order valence-electron chi connectivity index (χ4n) is 3.79. The lowest BCUT2D eigenvalue weighted by atomic mass is 10.1. The van der Waals surface area contributed by atoms with Gasteiger partial charge in [0, 0.05) is 18.8 Å². The van der Waals surface area contributed by atoms with Crippen molar-refractivity contribution >= 4 is 35.0 Å². The van der Waals surface area contributed by atoms with Gasteiger partial charge in [-0.1, -0.05) is 6.07 Å². The summed E-state index contributed by atoms with van der Waals surface area (Å²) in [5, 5.41) is 14.2. The van der Waals surface area contributed by atoms with Crippen molar-refractivity contribution in [3.63, 3.8) is 0 Å². The van der Waals surface area contributed by atoms with E-state index in [1.165, 1.54) is 11.2 Å². The highest BCUT2D eigenvalue weighted by Gasteiger charge is 2.31. The van der Waals surface area contributed by atoms with Gasteiger partial charge in [0.15, 0.2) is 6.23 Å². The van der Waals surface area contributed by atoms with E-state index >= 15 is 0 Å². The highest BCUT2D eigenvalue weighted by Crippen LogP contribution is 2.33. The summed E-state index contributed by atoms with van der Waals surface area (Å²) in [6, 6.07) is 6.25. The normalized spacial score (nSPS) is 15.1. The summed E-state index contributed by atoms with van der Waals surface area (Å²) in [5.41, 5.74) is 5.25. The van der Waals surface area contributed by atoms with E-state index in [1.807, 2.05) is 6.92 Å². The van der Waals surface area contributed by atoms with Crippen LogP contribution in [-0.2, 0) is 9.57 Å². The molecule has 2 unspecified atom stereocenters. The van der Waals surface area contributed by atoms with E-state index in [9.17, 15) is 9.59 Å². The van der Waals surface area contributed by atoms with Crippen molar-refractivity contribution in [2.45, 2.75) is 59.4 Å². The SMILES string of the molecule is CC(=N)c1ncnc2c1NOC(C(C)N(C)C(=O)OC(C)(C)C)Nc1cc-2cc(NC(=O)c2ccc(C)cn2)n1. The zero-order chi connectivity index (χ0) is 29.2. The van der Waals surface area contributed by atoms with Gasteiger partial charge < -0.3 is 25.7 Å². The molecule has 4 N–H and O–H groups in total. The third-order valence-corrected chi connectivity index (χ3v) is 6.00. The van der Waals surface area contributed by atoms with Crippen LogP contribution in [0.5, 0.6) is 0 Å². The molecular formula is C27H33N9O4. The minimum absolute atomic E-state index is 0.186. The largest absolute Gasteiger partial charge is 0.444 e. The van der Waals surface area contributed by atoms with Crippen molar-refractivity contribution in [1.29, 1.82) is 5.41 Å². The number of carbonyl (C=O) groups is 2. The number of hydrogen-bond acceptors (Lipinski definition) is 11. The topological polar surface area (TPSA) is 167 Å². The van der Waals surface area contributed by atoms with E-state index in [2.05, 4.69) is 36.0 Å². The van der Waals surface area contributed by atoms with Crippen molar-refractivity contribution in [1.82, 2.24) is 24.8 Å². The summed E-state index contributed by atoms with van der Waals surface area (Å²) in [6.45, 7) is 10.6. The van der Waals surface area contributed by atoms with Gasteiger partial charge in [-0.25, -0.2) is 24.6 Å². The van der Waals surface area contributed by atoms with E-state index in [1.54, 1.807) is 72.1 Å². The lowest BCUT2D eigenvalue weighted by molar-refractivity contribution is 0.00111. The first-order valence-electron chi connectivity index (χ1n) is 12.6. The molecule has 13 heteroatoms. The molecule has 4 heterocycles. The molecule has 0 radical (unpaired) electrons. The number of aromatic nitrogens is 4. The number of hydrogen-bond donors (Lipinski definition) is 4. The minimum Gasteiger partial charge on any atom is -0.444 e. The molecule has 2 bridgehead atoms. The predicted molar refractivity (Wildman–Crippen MR) is 150 cm³/mol. The number of pyridine rings is 2. The Morgan fingerprint density at radius 1 is 1.20 bits per heavy atom. The zero-order valence-electron chi connectivity index (χ0n) is 23.5. The molecule has 3 aromatic heterocycles. The van der Waals surface area contributed by atoms with Crippen molar-refractivity contribution in [2.75, 3.05) is 23.2 Å². The smallest absolute Gasteiger partial charge is 0.410 e. The summed E-state index contributed by atoms with van der Waals surface area (Å²) >= 11 is 0. The summed E-state index contributed by atoms with van der Waals surface area (Å²) in [6.07, 6.45) is 1.57. The van der Waals surface area contributed by atoms with Gasteiger partial charge in [0.2, 0.25) is 0 Å². The molecule has 0 spiro atoms. The van der Waals surface area contributed by atoms with E-state index in [0.717, 1.165) is 5.56 Å². The highest BCUT2D eigenvalue weighted by atomic mass is 16.7. The number of rotatable bonds is 5. The molecule has 0 fully saturated rings. The van der Waals surface area contributed by atoms with Crippen LogP contribution >= 0.6 is 0 Å². The second-order valence-electron chi connectivity index (χ2n) is 10.5. The van der Waals surface area contributed by atoms with Crippen LogP contribution < -0.4 is 16.1 Å². The number of anilines is 3. The number of ether oxygens (including phenoxy) is 1. The highest BCUT2D eigenvalue weighted by molar-refractivity contribution is 6.04. The number of amides is 2.